The summed E-state index contributed by atoms with van der Waals surface area (Å²) in [6, 6.07) is 1.93. The molecule has 2 aromatic heterocycles. The van der Waals surface area contributed by atoms with E-state index in [4.69, 9.17) is 4.74 Å². The Balaban J connectivity index is 2.10. The maximum atomic E-state index is 12.4. The lowest BCUT2D eigenvalue weighted by Gasteiger charge is -2.28. The van der Waals surface area contributed by atoms with Crippen LogP contribution in [0, 0.1) is 6.92 Å². The molecular formula is C16H23N5O2. The minimum atomic E-state index is -0.0916. The molecule has 2 aromatic rings. The second-order valence-corrected chi connectivity index (χ2v) is 6.14. The molecule has 23 heavy (non-hydrogen) atoms. The van der Waals surface area contributed by atoms with Crippen molar-refractivity contribution in [2.24, 2.45) is 7.05 Å². The van der Waals surface area contributed by atoms with Gasteiger partial charge in [-0.15, -0.1) is 0 Å². The average molecular weight is 317 g/mol. The van der Waals surface area contributed by atoms with Crippen molar-refractivity contribution >= 4 is 22.8 Å². The summed E-state index contributed by atoms with van der Waals surface area (Å²) in [5.41, 5.74) is 2.30. The molecule has 1 amide bonds. The Morgan fingerprint density at radius 2 is 2.00 bits per heavy atom. The van der Waals surface area contributed by atoms with Gasteiger partial charge in [0, 0.05) is 26.2 Å². The lowest BCUT2D eigenvalue weighted by atomic mass is 10.3. The topological polar surface area (TPSA) is 72.3 Å². The largest absolute Gasteiger partial charge is 0.378 e. The summed E-state index contributed by atoms with van der Waals surface area (Å²) in [7, 11) is 1.89. The molecule has 0 saturated carbocycles. The molecule has 1 aliphatic rings. The molecule has 0 spiro atoms. The number of hydrogen-bond acceptors (Lipinski definition) is 5. The van der Waals surface area contributed by atoms with Crippen LogP contribution in [0.5, 0.6) is 0 Å². The number of hydrogen-bond donors (Lipinski definition) is 1. The van der Waals surface area contributed by atoms with Crippen LogP contribution in [0.15, 0.2) is 6.07 Å². The van der Waals surface area contributed by atoms with Crippen molar-refractivity contribution in [3.05, 3.63) is 17.6 Å². The number of aromatic nitrogens is 3. The fourth-order valence-corrected chi connectivity index (χ4v) is 2.89. The van der Waals surface area contributed by atoms with Gasteiger partial charge in [0.1, 0.15) is 17.0 Å². The molecule has 0 unspecified atom stereocenters. The molecule has 1 fully saturated rings. The van der Waals surface area contributed by atoms with E-state index in [1.165, 1.54) is 0 Å². The Bertz CT molecular complexity index is 732. The van der Waals surface area contributed by atoms with E-state index in [-0.39, 0.29) is 11.9 Å². The van der Waals surface area contributed by atoms with Crippen LogP contribution < -0.4 is 10.2 Å². The summed E-state index contributed by atoms with van der Waals surface area (Å²) in [5.74, 6) is 1.49. The molecule has 7 heteroatoms. The Morgan fingerprint density at radius 3 is 2.65 bits per heavy atom. The van der Waals surface area contributed by atoms with Gasteiger partial charge in [-0.1, -0.05) is 0 Å². The van der Waals surface area contributed by atoms with E-state index in [1.807, 2.05) is 38.5 Å². The van der Waals surface area contributed by atoms with Gasteiger partial charge < -0.3 is 19.5 Å². The van der Waals surface area contributed by atoms with Crippen LogP contribution in [-0.2, 0) is 11.8 Å². The number of carbonyl (C=O) groups is 1. The molecule has 0 aromatic carbocycles. The molecule has 0 aliphatic carbocycles. The number of morpholine rings is 1. The second kappa shape index (κ2) is 6.16. The molecule has 3 rings (SSSR count). The van der Waals surface area contributed by atoms with Crippen molar-refractivity contribution in [3.63, 3.8) is 0 Å². The van der Waals surface area contributed by atoms with Crippen LogP contribution in [0.1, 0.15) is 30.2 Å². The SMILES string of the molecule is Cc1nc(N2CCOCC2)c2c(cc(C(=O)NC(C)C)n2C)n1. The molecule has 3 heterocycles. The maximum absolute atomic E-state index is 12.4. The standard InChI is InChI=1S/C16H23N5O2/c1-10(2)17-16(22)13-9-12-14(20(13)4)15(19-11(3)18-12)21-5-7-23-8-6-21/h9-10H,5-8H2,1-4H3,(H,17,22). The van der Waals surface area contributed by atoms with Gasteiger partial charge in [-0.2, -0.15) is 0 Å². The van der Waals surface area contributed by atoms with Crippen molar-refractivity contribution in [2.45, 2.75) is 26.8 Å². The average Bonchev–Trinajstić information content (AvgIpc) is 2.83. The fraction of sp³-hybridized carbons (Fsp3) is 0.562. The van der Waals surface area contributed by atoms with Gasteiger partial charge >= 0.3 is 0 Å². The van der Waals surface area contributed by atoms with Crippen molar-refractivity contribution in [1.82, 2.24) is 19.9 Å². The van der Waals surface area contributed by atoms with Crippen molar-refractivity contribution < 1.29 is 9.53 Å². The van der Waals surface area contributed by atoms with Crippen LogP contribution in [0.25, 0.3) is 11.0 Å². The van der Waals surface area contributed by atoms with E-state index in [0.717, 1.165) is 29.9 Å². The lowest BCUT2D eigenvalue weighted by Crippen LogP contribution is -2.37. The minimum Gasteiger partial charge on any atom is -0.378 e. The van der Waals surface area contributed by atoms with E-state index < -0.39 is 0 Å². The highest BCUT2D eigenvalue weighted by Gasteiger charge is 2.22. The fourth-order valence-electron chi connectivity index (χ4n) is 2.89. The van der Waals surface area contributed by atoms with Gasteiger partial charge in [0.25, 0.3) is 5.91 Å². The first kappa shape index (κ1) is 15.7. The Labute approximate surface area is 135 Å². The predicted molar refractivity (Wildman–Crippen MR) is 88.9 cm³/mol. The van der Waals surface area contributed by atoms with Gasteiger partial charge in [0.05, 0.1) is 18.7 Å². The highest BCUT2D eigenvalue weighted by molar-refractivity contribution is 6.00. The summed E-state index contributed by atoms with van der Waals surface area (Å²) >= 11 is 0. The highest BCUT2D eigenvalue weighted by atomic mass is 16.5. The number of rotatable bonds is 3. The third-order valence-electron chi connectivity index (χ3n) is 3.94. The number of aryl methyl sites for hydroxylation is 2. The summed E-state index contributed by atoms with van der Waals surface area (Å²) in [6.45, 7) is 8.75. The Morgan fingerprint density at radius 1 is 1.30 bits per heavy atom. The van der Waals surface area contributed by atoms with Crippen molar-refractivity contribution in [2.75, 3.05) is 31.2 Å². The molecule has 124 valence electrons. The number of anilines is 1. The number of nitrogens with one attached hydrogen (secondary N) is 1. The van der Waals surface area contributed by atoms with Crippen LogP contribution in [0.2, 0.25) is 0 Å². The highest BCUT2D eigenvalue weighted by Crippen LogP contribution is 2.27. The molecule has 1 N–H and O–H groups in total. The van der Waals surface area contributed by atoms with Gasteiger partial charge in [-0.05, 0) is 26.8 Å². The zero-order valence-corrected chi connectivity index (χ0v) is 14.1. The predicted octanol–water partition coefficient (Wildman–Crippen LogP) is 1.25. The summed E-state index contributed by atoms with van der Waals surface area (Å²) in [4.78, 5) is 23.7. The first-order chi connectivity index (χ1) is 11.0. The molecule has 0 atom stereocenters. The number of amides is 1. The first-order valence-electron chi connectivity index (χ1n) is 7.95. The molecule has 0 radical (unpaired) electrons. The van der Waals surface area contributed by atoms with Gasteiger partial charge in [-0.25, -0.2) is 9.97 Å². The van der Waals surface area contributed by atoms with Gasteiger partial charge in [-0.3, -0.25) is 4.79 Å². The third kappa shape index (κ3) is 3.01. The molecule has 0 bridgehead atoms. The molecular weight excluding hydrogens is 294 g/mol. The first-order valence-corrected chi connectivity index (χ1v) is 7.95. The minimum absolute atomic E-state index is 0.0899. The van der Waals surface area contributed by atoms with Crippen LogP contribution in [0.4, 0.5) is 5.82 Å². The molecule has 7 nitrogen and oxygen atoms in total. The van der Waals surface area contributed by atoms with Crippen molar-refractivity contribution in [1.29, 1.82) is 0 Å². The molecule has 1 aliphatic heterocycles. The smallest absolute Gasteiger partial charge is 0.268 e. The zero-order valence-electron chi connectivity index (χ0n) is 14.1. The third-order valence-corrected chi connectivity index (χ3v) is 3.94. The van der Waals surface area contributed by atoms with E-state index in [0.29, 0.717) is 24.7 Å². The maximum Gasteiger partial charge on any atom is 0.268 e. The quantitative estimate of drug-likeness (QED) is 0.922. The van der Waals surface area contributed by atoms with E-state index in [1.54, 1.807) is 0 Å². The summed E-state index contributed by atoms with van der Waals surface area (Å²) < 4.78 is 7.31. The van der Waals surface area contributed by atoms with Gasteiger partial charge in [0.15, 0.2) is 5.82 Å². The normalized spacial score (nSPS) is 15.4. The monoisotopic (exact) mass is 317 g/mol. The summed E-state index contributed by atoms with van der Waals surface area (Å²) in [5, 5.41) is 2.93. The summed E-state index contributed by atoms with van der Waals surface area (Å²) in [6.07, 6.45) is 0. The van der Waals surface area contributed by atoms with Crippen LogP contribution in [-0.4, -0.2) is 52.8 Å². The zero-order chi connectivity index (χ0) is 16.6. The van der Waals surface area contributed by atoms with Crippen molar-refractivity contribution in [3.8, 4) is 0 Å². The molecule has 1 saturated heterocycles. The number of ether oxygens (including phenoxy) is 1. The Hall–Kier alpha value is -2.15. The van der Waals surface area contributed by atoms with E-state index in [2.05, 4.69) is 20.2 Å². The number of carbonyl (C=O) groups excluding carboxylic acids is 1. The number of fused-ring (bicyclic) bond motifs is 1. The van der Waals surface area contributed by atoms with Crippen LogP contribution in [0.3, 0.4) is 0 Å². The Kier molecular flexibility index (Phi) is 4.21. The number of nitrogens with zero attached hydrogens (tertiary/aromatic N) is 4. The van der Waals surface area contributed by atoms with Gasteiger partial charge in [0.2, 0.25) is 0 Å². The van der Waals surface area contributed by atoms with E-state index in [9.17, 15) is 4.79 Å². The van der Waals surface area contributed by atoms with Crippen LogP contribution >= 0.6 is 0 Å². The second-order valence-electron chi connectivity index (χ2n) is 6.14. The lowest BCUT2D eigenvalue weighted by molar-refractivity contribution is 0.0935. The van der Waals surface area contributed by atoms with E-state index >= 15 is 0 Å².